The van der Waals surface area contributed by atoms with Crippen LogP contribution < -0.4 is 20.9 Å². The number of nitrogens with one attached hydrogen (secondary N) is 4. The second kappa shape index (κ2) is 8.02. The Hall–Kier alpha value is -0.590. The molecule has 9 nitrogen and oxygen atoms in total. The summed E-state index contributed by atoms with van der Waals surface area (Å²) in [6.45, 7) is 8.46. The standard InChI is InChI=1S/C20H36N6O3S2/c1-12-18(30-13(2)23-12)11-25-16-5-4-15(31(28,29)24-20(3)6-7-20)8-17(16)26(19(25)27)14-9-21-22-10-14/h12-18,21-24H,4-11H2,1-3H3. The lowest BCUT2D eigenvalue weighted by Crippen LogP contribution is -2.52. The molecule has 6 unspecified atom stereocenters. The Balaban J connectivity index is 1.36. The van der Waals surface area contributed by atoms with Gasteiger partial charge in [-0.2, -0.15) is 0 Å². The fraction of sp³-hybridized carbons (Fsp3) is 0.950. The lowest BCUT2D eigenvalue weighted by atomic mass is 9.89. The van der Waals surface area contributed by atoms with Gasteiger partial charge in [-0.15, -0.1) is 11.8 Å². The molecule has 0 radical (unpaired) electrons. The van der Waals surface area contributed by atoms with Gasteiger partial charge in [0.2, 0.25) is 10.0 Å². The molecule has 0 bridgehead atoms. The molecule has 0 aromatic rings. The molecule has 11 heteroatoms. The third-order valence-electron chi connectivity index (χ3n) is 7.79. The van der Waals surface area contributed by atoms with Crippen LogP contribution in [0.4, 0.5) is 4.79 Å². The zero-order valence-electron chi connectivity index (χ0n) is 18.6. The molecule has 2 aliphatic carbocycles. The average molecular weight is 473 g/mol. The molecule has 2 saturated carbocycles. The molecule has 0 aromatic heterocycles. The Kier molecular flexibility index (Phi) is 5.75. The van der Waals surface area contributed by atoms with Crippen LogP contribution in [-0.4, -0.2) is 89.5 Å². The van der Waals surface area contributed by atoms with E-state index in [-0.39, 0.29) is 29.7 Å². The molecule has 0 aromatic carbocycles. The molecule has 3 saturated heterocycles. The number of nitrogens with zero attached hydrogens (tertiary/aromatic N) is 2. The topological polar surface area (TPSA) is 106 Å². The van der Waals surface area contributed by atoms with E-state index in [1.807, 2.05) is 23.6 Å². The Morgan fingerprint density at radius 2 is 1.87 bits per heavy atom. The van der Waals surface area contributed by atoms with Gasteiger partial charge in [-0.25, -0.2) is 17.9 Å². The number of amides is 2. The first-order valence-electron chi connectivity index (χ1n) is 11.7. The van der Waals surface area contributed by atoms with Crippen LogP contribution in [-0.2, 0) is 10.0 Å². The van der Waals surface area contributed by atoms with Crippen LogP contribution in [0.2, 0.25) is 0 Å². The maximum Gasteiger partial charge on any atom is 0.321 e. The van der Waals surface area contributed by atoms with Crippen molar-refractivity contribution in [2.45, 2.75) is 98.5 Å². The zero-order valence-corrected chi connectivity index (χ0v) is 20.3. The van der Waals surface area contributed by atoms with E-state index >= 15 is 0 Å². The van der Waals surface area contributed by atoms with Gasteiger partial charge in [0.25, 0.3) is 0 Å². The lowest BCUT2D eigenvalue weighted by Gasteiger charge is -2.38. The third-order valence-corrected chi connectivity index (χ3v) is 11.3. The molecule has 4 N–H and O–H groups in total. The van der Waals surface area contributed by atoms with E-state index < -0.39 is 15.3 Å². The van der Waals surface area contributed by atoms with Crippen molar-refractivity contribution in [3.05, 3.63) is 0 Å². The number of fused-ring (bicyclic) bond motifs is 1. The van der Waals surface area contributed by atoms with Crippen LogP contribution in [0.25, 0.3) is 0 Å². The van der Waals surface area contributed by atoms with Gasteiger partial charge in [-0.05, 0) is 52.9 Å². The summed E-state index contributed by atoms with van der Waals surface area (Å²) in [5.41, 5.74) is 6.02. The van der Waals surface area contributed by atoms with Crippen molar-refractivity contribution in [1.29, 1.82) is 0 Å². The molecule has 31 heavy (non-hydrogen) atoms. The summed E-state index contributed by atoms with van der Waals surface area (Å²) in [5, 5.41) is 3.88. The van der Waals surface area contributed by atoms with Gasteiger partial charge < -0.3 is 15.1 Å². The number of hydrazine groups is 1. The van der Waals surface area contributed by atoms with E-state index in [1.54, 1.807) is 0 Å². The monoisotopic (exact) mass is 472 g/mol. The molecular weight excluding hydrogens is 436 g/mol. The van der Waals surface area contributed by atoms with Crippen LogP contribution in [0.15, 0.2) is 0 Å². The van der Waals surface area contributed by atoms with Gasteiger partial charge in [0.05, 0.1) is 28.7 Å². The highest BCUT2D eigenvalue weighted by Crippen LogP contribution is 2.41. The number of urea groups is 1. The normalized spacial score (nSPS) is 40.5. The second-order valence-electron chi connectivity index (χ2n) is 10.3. The summed E-state index contributed by atoms with van der Waals surface area (Å²) < 4.78 is 29.2. The van der Waals surface area contributed by atoms with Crippen molar-refractivity contribution in [2.75, 3.05) is 19.6 Å². The quantitative estimate of drug-likeness (QED) is 0.443. The van der Waals surface area contributed by atoms with Gasteiger partial charge in [-0.3, -0.25) is 10.9 Å². The van der Waals surface area contributed by atoms with Crippen LogP contribution in [0.5, 0.6) is 0 Å². The van der Waals surface area contributed by atoms with Crippen molar-refractivity contribution in [2.24, 2.45) is 0 Å². The van der Waals surface area contributed by atoms with E-state index in [0.717, 1.165) is 25.8 Å². The Morgan fingerprint density at radius 3 is 2.48 bits per heavy atom. The molecular formula is C20H36N6O3S2. The number of hydrogen-bond donors (Lipinski definition) is 4. The van der Waals surface area contributed by atoms with E-state index in [9.17, 15) is 13.2 Å². The number of sulfonamides is 1. The minimum Gasteiger partial charge on any atom is -0.318 e. The molecule has 3 aliphatic heterocycles. The maximum atomic E-state index is 13.6. The van der Waals surface area contributed by atoms with Crippen LogP contribution in [0.3, 0.4) is 0 Å². The minimum atomic E-state index is -3.39. The summed E-state index contributed by atoms with van der Waals surface area (Å²) in [7, 11) is -3.39. The predicted octanol–water partition coefficient (Wildman–Crippen LogP) is 0.402. The fourth-order valence-corrected chi connectivity index (χ4v) is 9.10. The first kappa shape index (κ1) is 22.2. The summed E-state index contributed by atoms with van der Waals surface area (Å²) in [5.74, 6) is 0. The average Bonchev–Trinajstić information content (AvgIpc) is 3.05. The molecule has 176 valence electrons. The number of rotatable bonds is 6. The predicted molar refractivity (Wildman–Crippen MR) is 122 cm³/mol. The van der Waals surface area contributed by atoms with Gasteiger partial charge in [-0.1, -0.05) is 0 Å². The van der Waals surface area contributed by atoms with E-state index in [4.69, 9.17) is 0 Å². The van der Waals surface area contributed by atoms with Gasteiger partial charge >= 0.3 is 6.03 Å². The molecule has 6 atom stereocenters. The number of thioether (sulfide) groups is 1. The summed E-state index contributed by atoms with van der Waals surface area (Å²) in [6, 6.07) is 0.549. The van der Waals surface area contributed by atoms with Crippen molar-refractivity contribution in [3.8, 4) is 0 Å². The highest BCUT2D eigenvalue weighted by atomic mass is 32.2. The van der Waals surface area contributed by atoms with Gasteiger partial charge in [0.1, 0.15) is 0 Å². The SMILES string of the molecule is CC1NC(C)C(CN2C(=O)N(C3CNNC3)C3CC(S(=O)(=O)NC4(C)CC4)CCC32)S1. The van der Waals surface area contributed by atoms with E-state index in [1.165, 1.54) is 0 Å². The Bertz CT molecular complexity index is 816. The highest BCUT2D eigenvalue weighted by Gasteiger charge is 2.54. The minimum absolute atomic E-state index is 0.0476. The lowest BCUT2D eigenvalue weighted by molar-refractivity contribution is 0.166. The Labute approximate surface area is 189 Å². The molecule has 5 aliphatic rings. The molecule has 0 spiro atoms. The van der Waals surface area contributed by atoms with Crippen molar-refractivity contribution < 1.29 is 13.2 Å². The van der Waals surface area contributed by atoms with Gasteiger partial charge in [0, 0.05) is 36.5 Å². The summed E-state index contributed by atoms with van der Waals surface area (Å²) >= 11 is 1.90. The van der Waals surface area contributed by atoms with Crippen LogP contribution in [0.1, 0.15) is 52.9 Å². The molecule has 2 amide bonds. The van der Waals surface area contributed by atoms with Crippen molar-refractivity contribution in [3.63, 3.8) is 0 Å². The number of hydrogen-bond acceptors (Lipinski definition) is 7. The maximum absolute atomic E-state index is 13.6. The number of carbonyl (C=O) groups is 1. The number of carbonyl (C=O) groups excluding carboxylic acids is 1. The highest BCUT2D eigenvalue weighted by molar-refractivity contribution is 8.00. The zero-order chi connectivity index (χ0) is 22.0. The van der Waals surface area contributed by atoms with Crippen LogP contribution >= 0.6 is 11.8 Å². The second-order valence-corrected chi connectivity index (χ2v) is 13.9. The summed E-state index contributed by atoms with van der Waals surface area (Å²) in [6.07, 6.45) is 3.71. The molecule has 5 fully saturated rings. The fourth-order valence-electron chi connectivity index (χ4n) is 5.77. The van der Waals surface area contributed by atoms with Crippen molar-refractivity contribution >= 4 is 27.8 Å². The first-order valence-corrected chi connectivity index (χ1v) is 14.1. The van der Waals surface area contributed by atoms with E-state index in [0.29, 0.717) is 42.6 Å². The third kappa shape index (κ3) is 4.21. The van der Waals surface area contributed by atoms with Crippen LogP contribution in [0, 0.1) is 0 Å². The summed E-state index contributed by atoms with van der Waals surface area (Å²) in [4.78, 5) is 17.7. The largest absolute Gasteiger partial charge is 0.321 e. The van der Waals surface area contributed by atoms with Crippen molar-refractivity contribution in [1.82, 2.24) is 30.7 Å². The first-order chi connectivity index (χ1) is 14.7. The van der Waals surface area contributed by atoms with E-state index in [2.05, 4.69) is 39.6 Å². The molecule has 5 rings (SSSR count). The Morgan fingerprint density at radius 1 is 1.16 bits per heavy atom. The smallest absolute Gasteiger partial charge is 0.318 e. The van der Waals surface area contributed by atoms with Gasteiger partial charge in [0.15, 0.2) is 0 Å². The molecule has 3 heterocycles.